The van der Waals surface area contributed by atoms with Crippen LogP contribution in [0.2, 0.25) is 5.02 Å². The Morgan fingerprint density at radius 3 is 2.50 bits per heavy atom. The van der Waals surface area contributed by atoms with E-state index < -0.39 is 11.9 Å². The molecule has 2 aromatic rings. The molecule has 166 valence electrons. The van der Waals surface area contributed by atoms with E-state index >= 15 is 0 Å². The van der Waals surface area contributed by atoms with Crippen molar-refractivity contribution in [1.82, 2.24) is 9.88 Å². The minimum atomic E-state index is -1.02. The summed E-state index contributed by atoms with van der Waals surface area (Å²) in [7, 11) is 0. The molecular formula is C22H19ClN2O5S2. The topological polar surface area (TPSA) is 108 Å². The number of aromatic amines is 1. The number of benzene rings is 1. The van der Waals surface area contributed by atoms with E-state index in [0.717, 1.165) is 21.9 Å². The summed E-state index contributed by atoms with van der Waals surface area (Å²) in [5, 5.41) is 10.6. The Labute approximate surface area is 196 Å². The van der Waals surface area contributed by atoms with Gasteiger partial charge in [-0.15, -0.1) is 11.8 Å². The van der Waals surface area contributed by atoms with E-state index in [1.165, 1.54) is 16.2 Å². The fraction of sp³-hybridized carbons (Fsp3) is 0.455. The number of carboxylic acids is 1. The summed E-state index contributed by atoms with van der Waals surface area (Å²) in [6, 6.07) is 7.66. The van der Waals surface area contributed by atoms with Crippen LogP contribution in [0.1, 0.15) is 29.2 Å². The van der Waals surface area contributed by atoms with Crippen LogP contribution < -0.4 is 4.87 Å². The maximum absolute atomic E-state index is 13.2. The number of rotatable bonds is 4. The van der Waals surface area contributed by atoms with Gasteiger partial charge in [0.15, 0.2) is 0 Å². The number of nitrogens with one attached hydrogen (secondary N) is 1. The number of hydrogen-bond donors (Lipinski definition) is 2. The molecule has 0 unspecified atom stereocenters. The molecule has 2 saturated carbocycles. The first-order chi connectivity index (χ1) is 15.3. The molecule has 32 heavy (non-hydrogen) atoms. The van der Waals surface area contributed by atoms with Crippen molar-refractivity contribution < 1.29 is 19.5 Å². The molecule has 0 spiro atoms. The van der Waals surface area contributed by atoms with E-state index in [1.54, 1.807) is 11.8 Å². The monoisotopic (exact) mass is 490 g/mol. The SMILES string of the molecule is O=C(O)CCN1C(=O)[C@@H]2[C@H]3C[C@@H]([C@@H]2C1=O)[C@@H]1[C@H](c2ccc(Cl)cc2)c2sc(=O)[nH]c2S[C@@H]31. The highest BCUT2D eigenvalue weighted by molar-refractivity contribution is 8.00. The molecule has 3 heterocycles. The Morgan fingerprint density at radius 2 is 1.81 bits per heavy atom. The van der Waals surface area contributed by atoms with Crippen LogP contribution >= 0.6 is 34.7 Å². The number of fused-ring (bicyclic) bond motifs is 9. The summed E-state index contributed by atoms with van der Waals surface area (Å²) in [6.45, 7) is -0.0663. The van der Waals surface area contributed by atoms with Crippen molar-refractivity contribution in [3.63, 3.8) is 0 Å². The molecule has 2 amide bonds. The molecular weight excluding hydrogens is 472 g/mol. The molecule has 2 bridgehead atoms. The molecule has 2 aliphatic heterocycles. The largest absolute Gasteiger partial charge is 0.481 e. The van der Waals surface area contributed by atoms with Crippen LogP contribution in [-0.4, -0.2) is 44.6 Å². The fourth-order valence-corrected chi connectivity index (χ4v) is 9.56. The van der Waals surface area contributed by atoms with Gasteiger partial charge in [-0.2, -0.15) is 0 Å². The molecule has 2 N–H and O–H groups in total. The van der Waals surface area contributed by atoms with Crippen molar-refractivity contribution in [2.45, 2.75) is 29.0 Å². The molecule has 1 aromatic heterocycles. The van der Waals surface area contributed by atoms with Gasteiger partial charge in [-0.05, 0) is 41.9 Å². The summed E-state index contributed by atoms with van der Waals surface area (Å²) in [4.78, 5) is 54.7. The number of thiazole rings is 1. The summed E-state index contributed by atoms with van der Waals surface area (Å²) >= 11 is 8.98. The van der Waals surface area contributed by atoms with Crippen molar-refractivity contribution >= 4 is 52.5 Å². The number of amides is 2. The first kappa shape index (κ1) is 20.5. The third-order valence-electron chi connectivity index (χ3n) is 7.59. The Balaban J connectivity index is 1.41. The average molecular weight is 491 g/mol. The summed E-state index contributed by atoms with van der Waals surface area (Å²) in [5.41, 5.74) is 1.06. The standard InChI is InChI=1S/C22H19ClN2O5S2/c23-9-3-1-8(2-4-9)13-14-10-7-11(17(14)31-19-18(13)32-22(30)24-19)16-15(10)20(28)25(21(16)29)6-5-12(26)27/h1-4,10-11,13-17H,5-7H2,(H,24,30)(H,26,27)/t10-,11-,13+,14-,15+,16-,17+/m1/s1. The smallest absolute Gasteiger partial charge is 0.305 e. The average Bonchev–Trinajstić information content (AvgIpc) is 3.47. The van der Waals surface area contributed by atoms with Gasteiger partial charge in [0, 0.05) is 27.6 Å². The van der Waals surface area contributed by atoms with Crippen molar-refractivity contribution in [1.29, 1.82) is 0 Å². The zero-order chi connectivity index (χ0) is 22.3. The van der Waals surface area contributed by atoms with E-state index in [2.05, 4.69) is 4.98 Å². The maximum Gasteiger partial charge on any atom is 0.305 e. The highest BCUT2D eigenvalue weighted by Crippen LogP contribution is 2.68. The normalized spacial score (nSPS) is 34.5. The quantitative estimate of drug-likeness (QED) is 0.638. The number of aromatic nitrogens is 1. The Morgan fingerprint density at radius 1 is 1.12 bits per heavy atom. The lowest BCUT2D eigenvalue weighted by atomic mass is 9.68. The lowest BCUT2D eigenvalue weighted by Crippen LogP contribution is -2.42. The molecule has 7 nitrogen and oxygen atoms in total. The summed E-state index contributed by atoms with van der Waals surface area (Å²) < 4.78 is 0. The highest BCUT2D eigenvalue weighted by Gasteiger charge is 2.69. The second kappa shape index (κ2) is 7.20. The third-order valence-corrected chi connectivity index (χ3v) is 10.4. The van der Waals surface area contributed by atoms with E-state index in [0.29, 0.717) is 5.02 Å². The number of aliphatic carboxylic acids is 1. The van der Waals surface area contributed by atoms with Gasteiger partial charge in [-0.25, -0.2) is 0 Å². The molecule has 10 heteroatoms. The van der Waals surface area contributed by atoms with Crippen LogP contribution in [0.15, 0.2) is 34.1 Å². The fourth-order valence-electron chi connectivity index (χ4n) is 6.55. The van der Waals surface area contributed by atoms with Crippen molar-refractivity contribution in [3.8, 4) is 0 Å². The van der Waals surface area contributed by atoms with Gasteiger partial charge in [0.05, 0.1) is 23.3 Å². The molecule has 3 fully saturated rings. The van der Waals surface area contributed by atoms with Crippen molar-refractivity contribution in [3.05, 3.63) is 49.4 Å². The maximum atomic E-state index is 13.2. The van der Waals surface area contributed by atoms with Crippen LogP contribution in [0.4, 0.5) is 0 Å². The number of H-pyrrole nitrogens is 1. The molecule has 1 saturated heterocycles. The predicted octanol–water partition coefficient (Wildman–Crippen LogP) is 3.04. The Hall–Kier alpha value is -2.10. The molecule has 6 rings (SSSR count). The summed E-state index contributed by atoms with van der Waals surface area (Å²) in [5.74, 6) is -2.08. The van der Waals surface area contributed by atoms with E-state index in [9.17, 15) is 19.2 Å². The second-order valence-electron chi connectivity index (χ2n) is 8.98. The Kier molecular flexibility index (Phi) is 4.61. The molecule has 2 aliphatic carbocycles. The first-order valence-corrected chi connectivity index (χ1v) is 12.6. The summed E-state index contributed by atoms with van der Waals surface area (Å²) in [6.07, 6.45) is 0.574. The van der Waals surface area contributed by atoms with Crippen molar-refractivity contribution in [2.75, 3.05) is 6.54 Å². The van der Waals surface area contributed by atoms with Crippen LogP contribution in [0, 0.1) is 29.6 Å². The van der Waals surface area contributed by atoms with Gasteiger partial charge < -0.3 is 10.1 Å². The number of carbonyl (C=O) groups is 3. The van der Waals surface area contributed by atoms with Gasteiger partial charge in [-0.1, -0.05) is 35.1 Å². The number of nitrogens with zero attached hydrogens (tertiary/aromatic N) is 1. The van der Waals surface area contributed by atoms with Crippen LogP contribution in [0.5, 0.6) is 0 Å². The Bertz CT molecular complexity index is 1210. The van der Waals surface area contributed by atoms with Gasteiger partial charge in [0.2, 0.25) is 11.8 Å². The zero-order valence-corrected chi connectivity index (χ0v) is 19.1. The number of halogens is 1. The number of imide groups is 1. The highest BCUT2D eigenvalue weighted by atomic mass is 35.5. The van der Waals surface area contributed by atoms with Crippen LogP contribution in [0.3, 0.4) is 0 Å². The predicted molar refractivity (Wildman–Crippen MR) is 119 cm³/mol. The number of carbonyl (C=O) groups excluding carboxylic acids is 2. The number of likely N-dealkylation sites (tertiary alicyclic amines) is 1. The molecule has 1 aromatic carbocycles. The van der Waals surface area contributed by atoms with E-state index in [-0.39, 0.29) is 64.5 Å². The van der Waals surface area contributed by atoms with Crippen LogP contribution in [0.25, 0.3) is 0 Å². The van der Waals surface area contributed by atoms with Gasteiger partial charge in [-0.3, -0.25) is 24.1 Å². The van der Waals surface area contributed by atoms with Gasteiger partial charge in [0.1, 0.15) is 0 Å². The first-order valence-electron chi connectivity index (χ1n) is 10.6. The number of hydrogen-bond acceptors (Lipinski definition) is 6. The second-order valence-corrected chi connectivity index (χ2v) is 11.6. The van der Waals surface area contributed by atoms with Gasteiger partial charge in [0.25, 0.3) is 0 Å². The minimum absolute atomic E-state index is 0.0276. The lowest BCUT2D eigenvalue weighted by molar-refractivity contribution is -0.142. The van der Waals surface area contributed by atoms with Crippen LogP contribution in [-0.2, 0) is 14.4 Å². The number of carboxylic acid groups (broad SMARTS) is 1. The number of thioether (sulfide) groups is 1. The minimum Gasteiger partial charge on any atom is -0.481 e. The van der Waals surface area contributed by atoms with E-state index in [1.807, 2.05) is 24.3 Å². The zero-order valence-electron chi connectivity index (χ0n) is 16.7. The van der Waals surface area contributed by atoms with E-state index in [4.69, 9.17) is 16.7 Å². The molecule has 0 radical (unpaired) electrons. The molecule has 4 aliphatic rings. The van der Waals surface area contributed by atoms with Gasteiger partial charge >= 0.3 is 10.8 Å². The lowest BCUT2D eigenvalue weighted by Gasteiger charge is -2.43. The third kappa shape index (κ3) is 2.80. The molecule has 7 atom stereocenters. The van der Waals surface area contributed by atoms with Crippen molar-refractivity contribution in [2.24, 2.45) is 29.6 Å².